The molecule has 0 aromatic rings. The van der Waals surface area contributed by atoms with Gasteiger partial charge >= 0.3 is 0 Å². The van der Waals surface area contributed by atoms with Crippen molar-refractivity contribution in [3.63, 3.8) is 0 Å². The Morgan fingerprint density at radius 2 is 2.07 bits per heavy atom. The van der Waals surface area contributed by atoms with Crippen molar-refractivity contribution in [3.8, 4) is 0 Å². The van der Waals surface area contributed by atoms with Crippen molar-refractivity contribution in [3.05, 3.63) is 0 Å². The zero-order chi connectivity index (χ0) is 10.8. The zero-order valence-electron chi connectivity index (χ0n) is 9.98. The van der Waals surface area contributed by atoms with E-state index < -0.39 is 0 Å². The van der Waals surface area contributed by atoms with E-state index in [-0.39, 0.29) is 12.1 Å². The summed E-state index contributed by atoms with van der Waals surface area (Å²) in [4.78, 5) is 2.48. The van der Waals surface area contributed by atoms with Gasteiger partial charge in [0.15, 0.2) is 0 Å². The first-order chi connectivity index (χ1) is 7.18. The third kappa shape index (κ3) is 2.52. The molecule has 1 saturated heterocycles. The first-order valence-corrected chi connectivity index (χ1v) is 6.29. The topological polar surface area (TPSA) is 38.5 Å². The van der Waals surface area contributed by atoms with Crippen molar-refractivity contribution in [1.82, 2.24) is 4.90 Å². The summed E-state index contributed by atoms with van der Waals surface area (Å²) in [5, 5.41) is 0. The highest BCUT2D eigenvalue weighted by atomic mass is 16.5. The summed E-state index contributed by atoms with van der Waals surface area (Å²) in [5.41, 5.74) is 6.26. The average molecular weight is 212 g/mol. The van der Waals surface area contributed by atoms with Crippen LogP contribution in [0.25, 0.3) is 0 Å². The molecule has 0 bridgehead atoms. The fourth-order valence-electron chi connectivity index (χ4n) is 2.53. The Kier molecular flexibility index (Phi) is 3.65. The Hall–Kier alpha value is -0.120. The van der Waals surface area contributed by atoms with E-state index in [1.807, 2.05) is 0 Å². The lowest BCUT2D eigenvalue weighted by Crippen LogP contribution is -2.55. The second kappa shape index (κ2) is 4.81. The maximum atomic E-state index is 6.26. The Balaban J connectivity index is 1.85. The molecule has 2 fully saturated rings. The van der Waals surface area contributed by atoms with Crippen LogP contribution in [0, 0.1) is 5.92 Å². The van der Waals surface area contributed by atoms with Crippen LogP contribution < -0.4 is 5.73 Å². The molecule has 0 aromatic carbocycles. The molecule has 3 nitrogen and oxygen atoms in total. The second-order valence-electron chi connectivity index (χ2n) is 5.27. The summed E-state index contributed by atoms with van der Waals surface area (Å²) in [6.45, 7) is 7.43. The number of morpholine rings is 1. The monoisotopic (exact) mass is 212 g/mol. The third-order valence-corrected chi connectivity index (χ3v) is 3.98. The second-order valence-corrected chi connectivity index (χ2v) is 5.27. The molecule has 3 heteroatoms. The Labute approximate surface area is 93.0 Å². The van der Waals surface area contributed by atoms with E-state index in [1.165, 1.54) is 19.3 Å². The van der Waals surface area contributed by atoms with Gasteiger partial charge in [-0.3, -0.25) is 4.90 Å². The van der Waals surface area contributed by atoms with Crippen LogP contribution in [0.3, 0.4) is 0 Å². The number of hydrogen-bond acceptors (Lipinski definition) is 3. The molecule has 1 saturated carbocycles. The van der Waals surface area contributed by atoms with Crippen LogP contribution in [0.2, 0.25) is 0 Å². The molecule has 0 amide bonds. The van der Waals surface area contributed by atoms with Crippen LogP contribution in [-0.2, 0) is 4.74 Å². The molecule has 2 atom stereocenters. The fourth-order valence-corrected chi connectivity index (χ4v) is 2.53. The van der Waals surface area contributed by atoms with Crippen LogP contribution in [0.15, 0.2) is 0 Å². The van der Waals surface area contributed by atoms with Crippen molar-refractivity contribution in [1.29, 1.82) is 0 Å². The van der Waals surface area contributed by atoms with E-state index in [1.54, 1.807) is 0 Å². The molecule has 1 aliphatic heterocycles. The van der Waals surface area contributed by atoms with Gasteiger partial charge in [0.25, 0.3) is 0 Å². The van der Waals surface area contributed by atoms with E-state index in [9.17, 15) is 0 Å². The highest BCUT2D eigenvalue weighted by molar-refractivity contribution is 4.89. The van der Waals surface area contributed by atoms with Crippen LogP contribution >= 0.6 is 0 Å². The molecule has 15 heavy (non-hydrogen) atoms. The van der Waals surface area contributed by atoms with Gasteiger partial charge in [-0.2, -0.15) is 0 Å². The quantitative estimate of drug-likeness (QED) is 0.764. The van der Waals surface area contributed by atoms with E-state index in [2.05, 4.69) is 18.7 Å². The van der Waals surface area contributed by atoms with Gasteiger partial charge in [0.1, 0.15) is 0 Å². The number of ether oxygens (including phenoxy) is 1. The summed E-state index contributed by atoms with van der Waals surface area (Å²) in [5.74, 6) is 0.724. The molecular weight excluding hydrogens is 188 g/mol. The molecule has 2 unspecified atom stereocenters. The summed E-state index contributed by atoms with van der Waals surface area (Å²) in [6, 6.07) is 0.880. The number of rotatable bonds is 3. The largest absolute Gasteiger partial charge is 0.374 e. The highest BCUT2D eigenvalue weighted by Gasteiger charge is 2.34. The maximum Gasteiger partial charge on any atom is 0.0855 e. The van der Waals surface area contributed by atoms with E-state index in [0.717, 1.165) is 25.6 Å². The minimum Gasteiger partial charge on any atom is -0.374 e. The SMILES string of the molecule is CC(C)N1CCOC(C(N)C2CCC2)C1. The van der Waals surface area contributed by atoms with Crippen molar-refractivity contribution < 1.29 is 4.74 Å². The molecule has 0 spiro atoms. The Bertz CT molecular complexity index is 204. The first-order valence-electron chi connectivity index (χ1n) is 6.29. The molecule has 2 rings (SSSR count). The van der Waals surface area contributed by atoms with Gasteiger partial charge in [-0.05, 0) is 32.6 Å². The minimum absolute atomic E-state index is 0.264. The zero-order valence-corrected chi connectivity index (χ0v) is 9.98. The van der Waals surface area contributed by atoms with E-state index in [4.69, 9.17) is 10.5 Å². The molecule has 1 aliphatic carbocycles. The number of hydrogen-bond donors (Lipinski definition) is 1. The minimum atomic E-state index is 0.264. The summed E-state index contributed by atoms with van der Waals surface area (Å²) in [7, 11) is 0. The van der Waals surface area contributed by atoms with Crippen molar-refractivity contribution in [2.24, 2.45) is 11.7 Å². The van der Waals surface area contributed by atoms with Crippen LogP contribution in [0.5, 0.6) is 0 Å². The highest BCUT2D eigenvalue weighted by Crippen LogP contribution is 2.31. The predicted molar refractivity (Wildman–Crippen MR) is 61.8 cm³/mol. The summed E-state index contributed by atoms with van der Waals surface area (Å²) >= 11 is 0. The van der Waals surface area contributed by atoms with Crippen LogP contribution in [-0.4, -0.2) is 42.8 Å². The first kappa shape index (κ1) is 11.4. The van der Waals surface area contributed by atoms with Gasteiger partial charge in [0.05, 0.1) is 12.7 Å². The van der Waals surface area contributed by atoms with Crippen molar-refractivity contribution >= 4 is 0 Å². The average Bonchev–Trinajstić information content (AvgIpc) is 2.15. The summed E-state index contributed by atoms with van der Waals surface area (Å²) < 4.78 is 5.81. The summed E-state index contributed by atoms with van der Waals surface area (Å²) in [6.07, 6.45) is 4.25. The Morgan fingerprint density at radius 3 is 2.60 bits per heavy atom. The maximum absolute atomic E-state index is 6.26. The normalized spacial score (nSPS) is 31.6. The van der Waals surface area contributed by atoms with E-state index in [0.29, 0.717) is 6.04 Å². The van der Waals surface area contributed by atoms with Gasteiger partial charge in [-0.1, -0.05) is 6.42 Å². The fraction of sp³-hybridized carbons (Fsp3) is 1.00. The lowest BCUT2D eigenvalue weighted by molar-refractivity contribution is -0.0635. The van der Waals surface area contributed by atoms with Gasteiger partial charge in [0.2, 0.25) is 0 Å². The third-order valence-electron chi connectivity index (χ3n) is 3.98. The number of nitrogens with two attached hydrogens (primary N) is 1. The van der Waals surface area contributed by atoms with Gasteiger partial charge in [0, 0.05) is 25.2 Å². The standard InChI is InChI=1S/C12H24N2O/c1-9(2)14-6-7-15-11(8-14)12(13)10-4-3-5-10/h9-12H,3-8,13H2,1-2H3. The van der Waals surface area contributed by atoms with Crippen LogP contribution in [0.1, 0.15) is 33.1 Å². The molecule has 0 radical (unpaired) electrons. The molecule has 1 heterocycles. The predicted octanol–water partition coefficient (Wildman–Crippen LogP) is 1.22. The lowest BCUT2D eigenvalue weighted by Gasteiger charge is -2.42. The lowest BCUT2D eigenvalue weighted by atomic mass is 9.78. The van der Waals surface area contributed by atoms with Crippen molar-refractivity contribution in [2.75, 3.05) is 19.7 Å². The van der Waals surface area contributed by atoms with Gasteiger partial charge < -0.3 is 10.5 Å². The van der Waals surface area contributed by atoms with Crippen molar-refractivity contribution in [2.45, 2.75) is 51.3 Å². The molecule has 2 aliphatic rings. The van der Waals surface area contributed by atoms with Gasteiger partial charge in [-0.15, -0.1) is 0 Å². The van der Waals surface area contributed by atoms with E-state index >= 15 is 0 Å². The molecule has 0 aromatic heterocycles. The van der Waals surface area contributed by atoms with Gasteiger partial charge in [-0.25, -0.2) is 0 Å². The Morgan fingerprint density at radius 1 is 1.33 bits per heavy atom. The smallest absolute Gasteiger partial charge is 0.0855 e. The number of nitrogens with zero attached hydrogens (tertiary/aromatic N) is 1. The van der Waals surface area contributed by atoms with Crippen LogP contribution in [0.4, 0.5) is 0 Å². The molecule has 2 N–H and O–H groups in total. The molecule has 88 valence electrons. The molecular formula is C12H24N2O.